The Bertz CT molecular complexity index is 485. The van der Waals surface area contributed by atoms with Crippen LogP contribution >= 0.6 is 15.9 Å². The molecule has 0 saturated carbocycles. The van der Waals surface area contributed by atoms with Gasteiger partial charge in [0.1, 0.15) is 11.4 Å². The summed E-state index contributed by atoms with van der Waals surface area (Å²) in [6.07, 6.45) is -0.329. The minimum atomic E-state index is -0.510. The second-order valence-corrected chi connectivity index (χ2v) is 7.06. The molecule has 0 aromatic carbocycles. The van der Waals surface area contributed by atoms with Crippen LogP contribution in [0.1, 0.15) is 39.5 Å². The average Bonchev–Trinajstić information content (AvgIpc) is 2.87. The van der Waals surface area contributed by atoms with Gasteiger partial charge in [-0.15, -0.1) is 0 Å². The summed E-state index contributed by atoms with van der Waals surface area (Å²) in [5.74, 6) is 0.845. The van der Waals surface area contributed by atoms with Gasteiger partial charge in [0, 0.05) is 26.7 Å². The van der Waals surface area contributed by atoms with E-state index in [0.717, 1.165) is 5.76 Å². The summed E-state index contributed by atoms with van der Waals surface area (Å²) >= 11 is 3.29. The van der Waals surface area contributed by atoms with Gasteiger partial charge in [0.05, 0.1) is 12.6 Å². The average molecular weight is 391 g/mol. The van der Waals surface area contributed by atoms with Crippen LogP contribution in [0.5, 0.6) is 0 Å². The molecular weight excluding hydrogens is 364 g/mol. The predicted octanol–water partition coefficient (Wildman–Crippen LogP) is 3.58. The maximum atomic E-state index is 12.2. The van der Waals surface area contributed by atoms with Crippen molar-refractivity contribution in [3.63, 3.8) is 0 Å². The number of hydrogen-bond acceptors (Lipinski definition) is 5. The molecule has 0 bridgehead atoms. The summed E-state index contributed by atoms with van der Waals surface area (Å²) in [4.78, 5) is 13.9. The lowest BCUT2D eigenvalue weighted by Gasteiger charge is -2.27. The first-order valence-electron chi connectivity index (χ1n) is 7.68. The van der Waals surface area contributed by atoms with E-state index in [2.05, 4.69) is 21.2 Å². The van der Waals surface area contributed by atoms with Crippen molar-refractivity contribution in [2.45, 2.75) is 39.3 Å². The number of methoxy groups -OCH3 is 1. The highest BCUT2D eigenvalue weighted by Gasteiger charge is 2.22. The number of carbonyl (C=O) groups excluding carboxylic acids is 1. The highest BCUT2D eigenvalue weighted by Crippen LogP contribution is 2.19. The lowest BCUT2D eigenvalue weighted by molar-refractivity contribution is 0.0203. The van der Waals surface area contributed by atoms with Crippen LogP contribution in [0.2, 0.25) is 0 Å². The van der Waals surface area contributed by atoms with Crippen molar-refractivity contribution < 1.29 is 18.7 Å². The van der Waals surface area contributed by atoms with Gasteiger partial charge in [-0.25, -0.2) is 4.79 Å². The Morgan fingerprint density at radius 1 is 1.39 bits per heavy atom. The Morgan fingerprint density at radius 2 is 2.09 bits per heavy atom. The number of halogens is 1. The smallest absolute Gasteiger partial charge is 0.410 e. The number of hydrogen-bond donors (Lipinski definition) is 1. The SMILES string of the molecule is COCCN(CCNC(C)c1ccc(Br)o1)C(=O)OC(C)(C)C. The molecule has 1 aromatic rings. The topological polar surface area (TPSA) is 63.9 Å². The van der Waals surface area contributed by atoms with Crippen LogP contribution in [-0.4, -0.2) is 49.9 Å². The van der Waals surface area contributed by atoms with Crippen molar-refractivity contribution in [2.24, 2.45) is 0 Å². The minimum absolute atomic E-state index is 0.0595. The Hall–Kier alpha value is -1.05. The summed E-state index contributed by atoms with van der Waals surface area (Å²) in [6, 6.07) is 3.83. The second kappa shape index (κ2) is 9.30. The Morgan fingerprint density at radius 3 is 2.61 bits per heavy atom. The van der Waals surface area contributed by atoms with E-state index < -0.39 is 5.60 Å². The number of nitrogens with one attached hydrogen (secondary N) is 1. The maximum Gasteiger partial charge on any atom is 0.410 e. The van der Waals surface area contributed by atoms with Crippen molar-refractivity contribution in [3.8, 4) is 0 Å². The lowest BCUT2D eigenvalue weighted by atomic mass is 10.2. The number of ether oxygens (including phenoxy) is 2. The van der Waals surface area contributed by atoms with Crippen LogP contribution in [0.3, 0.4) is 0 Å². The summed E-state index contributed by atoms with van der Waals surface area (Å²) in [6.45, 7) is 9.70. The predicted molar refractivity (Wildman–Crippen MR) is 92.5 cm³/mol. The molecule has 6 nitrogen and oxygen atoms in total. The third-order valence-corrected chi connectivity index (χ3v) is 3.50. The lowest BCUT2D eigenvalue weighted by Crippen LogP contribution is -2.42. The molecule has 132 valence electrons. The van der Waals surface area contributed by atoms with Gasteiger partial charge in [-0.3, -0.25) is 0 Å². The Balaban J connectivity index is 2.48. The number of rotatable bonds is 8. The first kappa shape index (κ1) is 20.0. The first-order valence-corrected chi connectivity index (χ1v) is 8.47. The number of nitrogens with zero attached hydrogens (tertiary/aromatic N) is 1. The molecule has 1 atom stereocenters. The summed E-state index contributed by atoms with van der Waals surface area (Å²) in [7, 11) is 1.61. The Kier molecular flexibility index (Phi) is 8.08. The van der Waals surface area contributed by atoms with Gasteiger partial charge in [-0.2, -0.15) is 0 Å². The van der Waals surface area contributed by atoms with Gasteiger partial charge >= 0.3 is 6.09 Å². The zero-order valence-corrected chi connectivity index (χ0v) is 16.1. The van der Waals surface area contributed by atoms with E-state index in [0.29, 0.717) is 30.9 Å². The zero-order chi connectivity index (χ0) is 17.5. The fraction of sp³-hybridized carbons (Fsp3) is 0.688. The highest BCUT2D eigenvalue weighted by molar-refractivity contribution is 9.10. The summed E-state index contributed by atoms with van der Waals surface area (Å²) in [5.41, 5.74) is -0.510. The molecule has 0 aliphatic rings. The summed E-state index contributed by atoms with van der Waals surface area (Å²) < 4.78 is 16.7. The molecule has 0 aliphatic carbocycles. The molecule has 23 heavy (non-hydrogen) atoms. The van der Waals surface area contributed by atoms with Crippen LogP contribution in [-0.2, 0) is 9.47 Å². The molecule has 1 rings (SSSR count). The molecule has 1 amide bonds. The van der Waals surface area contributed by atoms with Gasteiger partial charge < -0.3 is 24.1 Å². The van der Waals surface area contributed by atoms with Crippen molar-refractivity contribution in [3.05, 3.63) is 22.6 Å². The Labute approximate surface area is 146 Å². The minimum Gasteiger partial charge on any atom is -0.453 e. The van der Waals surface area contributed by atoms with Gasteiger partial charge in [0.25, 0.3) is 0 Å². The van der Waals surface area contributed by atoms with Crippen LogP contribution in [0, 0.1) is 0 Å². The van der Waals surface area contributed by atoms with E-state index >= 15 is 0 Å². The standard InChI is InChI=1S/C16H27BrN2O4/c1-12(13-6-7-14(17)22-13)18-8-9-19(10-11-21-5)15(20)23-16(2,3)4/h6-7,12,18H,8-11H2,1-5H3. The van der Waals surface area contributed by atoms with E-state index in [4.69, 9.17) is 13.9 Å². The van der Waals surface area contributed by atoms with Crippen molar-refractivity contribution in [1.82, 2.24) is 10.2 Å². The summed E-state index contributed by atoms with van der Waals surface area (Å²) in [5, 5.41) is 3.33. The van der Waals surface area contributed by atoms with Gasteiger partial charge in [0.15, 0.2) is 4.67 Å². The molecule has 1 N–H and O–H groups in total. The molecule has 0 saturated heterocycles. The molecule has 1 heterocycles. The molecule has 7 heteroatoms. The largest absolute Gasteiger partial charge is 0.453 e. The molecule has 0 radical (unpaired) electrons. The number of carbonyl (C=O) groups is 1. The van der Waals surface area contributed by atoms with E-state index in [9.17, 15) is 4.79 Å². The van der Waals surface area contributed by atoms with E-state index in [1.54, 1.807) is 12.0 Å². The molecule has 1 aromatic heterocycles. The van der Waals surface area contributed by atoms with Crippen molar-refractivity contribution in [2.75, 3.05) is 33.4 Å². The van der Waals surface area contributed by atoms with E-state index in [-0.39, 0.29) is 12.1 Å². The maximum absolute atomic E-state index is 12.2. The van der Waals surface area contributed by atoms with Gasteiger partial charge in [-0.05, 0) is 55.8 Å². The fourth-order valence-corrected chi connectivity index (χ4v) is 2.22. The fourth-order valence-electron chi connectivity index (χ4n) is 1.90. The highest BCUT2D eigenvalue weighted by atomic mass is 79.9. The molecular formula is C16H27BrN2O4. The van der Waals surface area contributed by atoms with Gasteiger partial charge in [0.2, 0.25) is 0 Å². The van der Waals surface area contributed by atoms with Crippen LogP contribution in [0.15, 0.2) is 21.2 Å². The second-order valence-electron chi connectivity index (χ2n) is 6.28. The monoisotopic (exact) mass is 390 g/mol. The van der Waals surface area contributed by atoms with Crippen molar-refractivity contribution in [1.29, 1.82) is 0 Å². The third-order valence-electron chi connectivity index (χ3n) is 3.07. The van der Waals surface area contributed by atoms with Crippen LogP contribution in [0.25, 0.3) is 0 Å². The van der Waals surface area contributed by atoms with Crippen LogP contribution in [0.4, 0.5) is 4.79 Å². The number of amides is 1. The van der Waals surface area contributed by atoms with E-state index in [1.165, 1.54) is 0 Å². The van der Waals surface area contributed by atoms with E-state index in [1.807, 2.05) is 39.8 Å². The molecule has 1 unspecified atom stereocenters. The first-order chi connectivity index (χ1) is 10.7. The quantitative estimate of drug-likeness (QED) is 0.734. The van der Waals surface area contributed by atoms with Gasteiger partial charge in [-0.1, -0.05) is 0 Å². The zero-order valence-electron chi connectivity index (χ0n) is 14.5. The van der Waals surface area contributed by atoms with Crippen LogP contribution < -0.4 is 5.32 Å². The molecule has 0 aliphatic heterocycles. The number of furan rings is 1. The molecule has 0 fully saturated rings. The van der Waals surface area contributed by atoms with Crippen molar-refractivity contribution >= 4 is 22.0 Å². The third kappa shape index (κ3) is 7.85. The molecule has 0 spiro atoms. The normalized spacial score (nSPS) is 13.0.